The number of benzene rings is 2. The lowest BCUT2D eigenvalue weighted by atomic mass is 10.1. The van der Waals surface area contributed by atoms with Crippen molar-refractivity contribution >= 4 is 11.7 Å². The van der Waals surface area contributed by atoms with Crippen molar-refractivity contribution < 1.29 is 14.7 Å². The molecule has 1 aliphatic rings. The first-order valence-corrected chi connectivity index (χ1v) is 9.48. The zero-order chi connectivity index (χ0) is 19.1. The molecule has 0 unspecified atom stereocenters. The molecule has 27 heavy (non-hydrogen) atoms. The first-order valence-electron chi connectivity index (χ1n) is 9.48. The number of amides is 1. The first kappa shape index (κ1) is 19.1. The number of piperazine rings is 1. The normalized spacial score (nSPS) is 14.9. The van der Waals surface area contributed by atoms with Gasteiger partial charge in [-0.2, -0.15) is 0 Å². The minimum absolute atomic E-state index is 0.0966. The Kier molecular flexibility index (Phi) is 6.60. The SMILES string of the molecule is O=C(CCCC(=O)N1CCN(Cc2cccc(O)c2)CC1)c1ccccc1. The summed E-state index contributed by atoms with van der Waals surface area (Å²) in [6.45, 7) is 3.85. The number of Topliss-reactive ketones (excluding diaryl/α,β-unsaturated/α-hetero) is 1. The molecule has 0 spiro atoms. The number of hydrogen-bond acceptors (Lipinski definition) is 4. The summed E-state index contributed by atoms with van der Waals surface area (Å²) >= 11 is 0. The van der Waals surface area contributed by atoms with Gasteiger partial charge in [0.25, 0.3) is 0 Å². The summed E-state index contributed by atoms with van der Waals surface area (Å²) in [7, 11) is 0. The van der Waals surface area contributed by atoms with Crippen LogP contribution in [0, 0.1) is 0 Å². The number of aromatic hydroxyl groups is 1. The zero-order valence-corrected chi connectivity index (χ0v) is 15.5. The predicted octanol–water partition coefficient (Wildman–Crippen LogP) is 3.09. The van der Waals surface area contributed by atoms with E-state index in [1.807, 2.05) is 47.4 Å². The number of nitrogens with zero attached hydrogens (tertiary/aromatic N) is 2. The van der Waals surface area contributed by atoms with Crippen LogP contribution in [0.1, 0.15) is 35.2 Å². The maximum Gasteiger partial charge on any atom is 0.222 e. The predicted molar refractivity (Wildman–Crippen MR) is 105 cm³/mol. The molecule has 0 radical (unpaired) electrons. The van der Waals surface area contributed by atoms with E-state index in [2.05, 4.69) is 4.90 Å². The second kappa shape index (κ2) is 9.33. The third kappa shape index (κ3) is 5.66. The standard InChI is InChI=1S/C22H26N2O3/c25-20-9-4-6-18(16-20)17-23-12-14-24(15-13-23)22(27)11-5-10-21(26)19-7-2-1-3-8-19/h1-4,6-9,16,25H,5,10-15,17H2. The quantitative estimate of drug-likeness (QED) is 0.765. The largest absolute Gasteiger partial charge is 0.508 e. The summed E-state index contributed by atoms with van der Waals surface area (Å²) in [5.41, 5.74) is 1.79. The van der Waals surface area contributed by atoms with Gasteiger partial charge >= 0.3 is 0 Å². The Morgan fingerprint density at radius 3 is 2.33 bits per heavy atom. The number of carbonyl (C=O) groups excluding carboxylic acids is 2. The Morgan fingerprint density at radius 1 is 0.889 bits per heavy atom. The molecule has 0 aliphatic carbocycles. The Bertz CT molecular complexity index is 768. The van der Waals surface area contributed by atoms with Crippen LogP contribution in [-0.4, -0.2) is 52.8 Å². The highest BCUT2D eigenvalue weighted by molar-refractivity contribution is 5.96. The Hall–Kier alpha value is -2.66. The second-order valence-electron chi connectivity index (χ2n) is 6.97. The highest BCUT2D eigenvalue weighted by Crippen LogP contribution is 2.15. The van der Waals surface area contributed by atoms with Crippen molar-refractivity contribution in [3.63, 3.8) is 0 Å². The van der Waals surface area contributed by atoms with Gasteiger partial charge in [0.15, 0.2) is 5.78 Å². The Morgan fingerprint density at radius 2 is 1.63 bits per heavy atom. The van der Waals surface area contributed by atoms with Crippen LogP contribution < -0.4 is 0 Å². The molecule has 3 rings (SSSR count). The lowest BCUT2D eigenvalue weighted by Crippen LogP contribution is -2.48. The average Bonchev–Trinajstić information content (AvgIpc) is 2.69. The van der Waals surface area contributed by atoms with Gasteiger partial charge in [0.05, 0.1) is 0 Å². The Balaban J connectivity index is 1.37. The van der Waals surface area contributed by atoms with Crippen LogP contribution in [0.5, 0.6) is 5.75 Å². The van der Waals surface area contributed by atoms with Gasteiger partial charge in [0.1, 0.15) is 5.75 Å². The summed E-state index contributed by atoms with van der Waals surface area (Å²) in [5.74, 6) is 0.513. The molecule has 1 aliphatic heterocycles. The van der Waals surface area contributed by atoms with Gasteiger partial charge in [0.2, 0.25) is 5.91 Å². The topological polar surface area (TPSA) is 60.9 Å². The molecule has 142 valence electrons. The zero-order valence-electron chi connectivity index (χ0n) is 15.5. The molecule has 2 aromatic rings. The van der Waals surface area contributed by atoms with Crippen LogP contribution in [0.15, 0.2) is 54.6 Å². The van der Waals surface area contributed by atoms with Crippen LogP contribution in [0.2, 0.25) is 0 Å². The van der Waals surface area contributed by atoms with E-state index in [4.69, 9.17) is 0 Å². The molecule has 1 fully saturated rings. The van der Waals surface area contributed by atoms with Crippen molar-refractivity contribution in [3.8, 4) is 5.75 Å². The number of phenols is 1. The number of rotatable bonds is 7. The van der Waals surface area contributed by atoms with Crippen molar-refractivity contribution in [1.29, 1.82) is 0 Å². The summed E-state index contributed by atoms with van der Waals surface area (Å²) in [4.78, 5) is 28.7. The molecule has 0 bridgehead atoms. The summed E-state index contributed by atoms with van der Waals surface area (Å²) < 4.78 is 0. The van der Waals surface area contributed by atoms with Gasteiger partial charge < -0.3 is 10.0 Å². The number of phenolic OH excluding ortho intramolecular Hbond substituents is 1. The minimum atomic E-state index is 0.0966. The molecule has 1 saturated heterocycles. The molecule has 1 amide bonds. The van der Waals surface area contributed by atoms with E-state index in [0.29, 0.717) is 37.9 Å². The number of carbonyl (C=O) groups is 2. The van der Waals surface area contributed by atoms with Gasteiger partial charge in [-0.05, 0) is 24.1 Å². The molecule has 5 heteroatoms. The van der Waals surface area contributed by atoms with E-state index >= 15 is 0 Å². The van der Waals surface area contributed by atoms with E-state index in [9.17, 15) is 14.7 Å². The van der Waals surface area contributed by atoms with E-state index in [1.54, 1.807) is 12.1 Å². The second-order valence-corrected chi connectivity index (χ2v) is 6.97. The van der Waals surface area contributed by atoms with E-state index in [0.717, 1.165) is 25.2 Å². The average molecular weight is 366 g/mol. The van der Waals surface area contributed by atoms with Crippen molar-refractivity contribution in [2.45, 2.75) is 25.8 Å². The maximum atomic E-state index is 12.4. The third-order valence-electron chi connectivity index (χ3n) is 4.93. The maximum absolute atomic E-state index is 12.4. The van der Waals surface area contributed by atoms with E-state index < -0.39 is 0 Å². The minimum Gasteiger partial charge on any atom is -0.508 e. The highest BCUT2D eigenvalue weighted by Gasteiger charge is 2.21. The van der Waals surface area contributed by atoms with Crippen LogP contribution in [0.3, 0.4) is 0 Å². The molecule has 0 aromatic heterocycles. The fourth-order valence-corrected chi connectivity index (χ4v) is 3.40. The van der Waals surface area contributed by atoms with Gasteiger partial charge in [0, 0.05) is 51.1 Å². The van der Waals surface area contributed by atoms with Gasteiger partial charge in [-0.1, -0.05) is 42.5 Å². The molecule has 1 heterocycles. The highest BCUT2D eigenvalue weighted by atomic mass is 16.3. The smallest absolute Gasteiger partial charge is 0.222 e. The van der Waals surface area contributed by atoms with Crippen molar-refractivity contribution in [1.82, 2.24) is 9.80 Å². The molecule has 0 atom stereocenters. The van der Waals surface area contributed by atoms with Crippen molar-refractivity contribution in [2.75, 3.05) is 26.2 Å². The lowest BCUT2D eigenvalue weighted by Gasteiger charge is -2.34. The molecule has 0 saturated carbocycles. The molecular formula is C22H26N2O3. The number of ketones is 1. The van der Waals surface area contributed by atoms with Gasteiger partial charge in [-0.15, -0.1) is 0 Å². The van der Waals surface area contributed by atoms with Crippen LogP contribution in [0.4, 0.5) is 0 Å². The van der Waals surface area contributed by atoms with E-state index in [1.165, 1.54) is 0 Å². The summed E-state index contributed by atoms with van der Waals surface area (Å²) in [6.07, 6.45) is 1.43. The van der Waals surface area contributed by atoms with Gasteiger partial charge in [-0.25, -0.2) is 0 Å². The lowest BCUT2D eigenvalue weighted by molar-refractivity contribution is -0.133. The summed E-state index contributed by atoms with van der Waals surface area (Å²) in [6, 6.07) is 16.5. The third-order valence-corrected chi connectivity index (χ3v) is 4.93. The molecule has 1 N–H and O–H groups in total. The van der Waals surface area contributed by atoms with Crippen LogP contribution in [0.25, 0.3) is 0 Å². The van der Waals surface area contributed by atoms with Crippen molar-refractivity contribution in [2.24, 2.45) is 0 Å². The van der Waals surface area contributed by atoms with Crippen molar-refractivity contribution in [3.05, 3.63) is 65.7 Å². The van der Waals surface area contributed by atoms with Gasteiger partial charge in [-0.3, -0.25) is 14.5 Å². The fourth-order valence-electron chi connectivity index (χ4n) is 3.40. The van der Waals surface area contributed by atoms with Crippen LogP contribution in [-0.2, 0) is 11.3 Å². The molecule has 2 aromatic carbocycles. The first-order chi connectivity index (χ1) is 13.1. The summed E-state index contributed by atoms with van der Waals surface area (Å²) in [5, 5.41) is 9.56. The Labute approximate surface area is 160 Å². The fraction of sp³-hybridized carbons (Fsp3) is 0.364. The van der Waals surface area contributed by atoms with Crippen LogP contribution >= 0.6 is 0 Å². The molecular weight excluding hydrogens is 340 g/mol. The number of hydrogen-bond donors (Lipinski definition) is 1. The van der Waals surface area contributed by atoms with E-state index in [-0.39, 0.29) is 17.4 Å². The monoisotopic (exact) mass is 366 g/mol. The molecule has 5 nitrogen and oxygen atoms in total.